The molecule has 0 atom stereocenters. The largest absolute Gasteiger partial charge is 0.396 e. The molecule has 10 heavy (non-hydrogen) atoms. The number of thiazole rings is 1. The van der Waals surface area contributed by atoms with Crippen molar-refractivity contribution in [3.63, 3.8) is 0 Å². The molecule has 0 aromatic carbocycles. The van der Waals surface area contributed by atoms with Gasteiger partial charge < -0.3 is 5.11 Å². The number of aliphatic hydroxyl groups excluding tert-OH is 1. The maximum Gasteiger partial charge on any atom is 0.239 e. The molecule has 0 unspecified atom stereocenters. The van der Waals surface area contributed by atoms with Crippen LogP contribution in [0.1, 0.15) is 11.9 Å². The van der Waals surface area contributed by atoms with E-state index >= 15 is 0 Å². The smallest absolute Gasteiger partial charge is 0.239 e. The molecule has 0 radical (unpaired) electrons. The summed E-state index contributed by atoms with van der Waals surface area (Å²) in [6.45, 7) is 3.35. The molecule has 1 aromatic rings. The SMILES string of the molecule is CC[n+]1ccsc1CCO. The highest BCUT2D eigenvalue weighted by atomic mass is 32.1. The molecule has 0 spiro atoms. The lowest BCUT2D eigenvalue weighted by Gasteiger charge is -1.90. The van der Waals surface area contributed by atoms with Gasteiger partial charge in [0.25, 0.3) is 0 Å². The molecule has 1 heterocycles. The Hall–Kier alpha value is -0.410. The van der Waals surface area contributed by atoms with Gasteiger partial charge in [-0.3, -0.25) is 0 Å². The van der Waals surface area contributed by atoms with E-state index in [0.717, 1.165) is 13.0 Å². The van der Waals surface area contributed by atoms with Crippen molar-refractivity contribution < 1.29 is 9.67 Å². The van der Waals surface area contributed by atoms with Gasteiger partial charge >= 0.3 is 0 Å². The van der Waals surface area contributed by atoms with E-state index in [9.17, 15) is 0 Å². The highest BCUT2D eigenvalue weighted by Crippen LogP contribution is 2.01. The summed E-state index contributed by atoms with van der Waals surface area (Å²) in [5.41, 5.74) is 0. The molecule has 0 saturated heterocycles. The van der Waals surface area contributed by atoms with Gasteiger partial charge in [-0.1, -0.05) is 11.3 Å². The number of nitrogens with zero attached hydrogens (tertiary/aromatic N) is 1. The molecule has 0 aliphatic heterocycles. The van der Waals surface area contributed by atoms with Crippen LogP contribution in [-0.2, 0) is 13.0 Å². The van der Waals surface area contributed by atoms with Crippen molar-refractivity contribution in [3.8, 4) is 0 Å². The molecule has 1 aromatic heterocycles. The third-order valence-electron chi connectivity index (χ3n) is 1.43. The van der Waals surface area contributed by atoms with Crippen LogP contribution in [0.15, 0.2) is 11.6 Å². The molecule has 0 bridgehead atoms. The van der Waals surface area contributed by atoms with Crippen molar-refractivity contribution >= 4 is 11.3 Å². The lowest BCUT2D eigenvalue weighted by atomic mass is 10.4. The van der Waals surface area contributed by atoms with Gasteiger partial charge in [0.1, 0.15) is 6.54 Å². The molecule has 56 valence electrons. The minimum absolute atomic E-state index is 0.251. The van der Waals surface area contributed by atoms with Crippen molar-refractivity contribution in [3.05, 3.63) is 16.6 Å². The summed E-state index contributed by atoms with van der Waals surface area (Å²) in [5.74, 6) is 0. The maximum absolute atomic E-state index is 8.65. The highest BCUT2D eigenvalue weighted by Gasteiger charge is 2.07. The summed E-state index contributed by atoms with van der Waals surface area (Å²) in [5, 5.41) is 12.0. The van der Waals surface area contributed by atoms with Gasteiger partial charge in [-0.15, -0.1) is 0 Å². The Balaban J connectivity index is 2.70. The van der Waals surface area contributed by atoms with Crippen molar-refractivity contribution in [1.29, 1.82) is 0 Å². The molecule has 1 rings (SSSR count). The Morgan fingerprint density at radius 3 is 3.10 bits per heavy atom. The van der Waals surface area contributed by atoms with Crippen LogP contribution in [0, 0.1) is 0 Å². The van der Waals surface area contributed by atoms with Crippen molar-refractivity contribution in [1.82, 2.24) is 0 Å². The Morgan fingerprint density at radius 1 is 1.70 bits per heavy atom. The van der Waals surface area contributed by atoms with Gasteiger partial charge in [0.15, 0.2) is 6.20 Å². The fourth-order valence-electron chi connectivity index (χ4n) is 0.913. The van der Waals surface area contributed by atoms with E-state index in [1.807, 2.05) is 0 Å². The molecule has 2 nitrogen and oxygen atoms in total. The van der Waals surface area contributed by atoms with Crippen molar-refractivity contribution in [2.45, 2.75) is 19.9 Å². The van der Waals surface area contributed by atoms with E-state index in [4.69, 9.17) is 5.11 Å². The summed E-state index contributed by atoms with van der Waals surface area (Å²) in [6, 6.07) is 0. The van der Waals surface area contributed by atoms with Gasteiger partial charge in [-0.05, 0) is 6.92 Å². The molecule has 0 aliphatic carbocycles. The first-order valence-electron chi connectivity index (χ1n) is 3.45. The van der Waals surface area contributed by atoms with E-state index in [1.165, 1.54) is 5.01 Å². The van der Waals surface area contributed by atoms with E-state index in [-0.39, 0.29) is 6.61 Å². The minimum Gasteiger partial charge on any atom is -0.396 e. The molecule has 0 fully saturated rings. The first-order valence-corrected chi connectivity index (χ1v) is 4.33. The number of hydrogen-bond donors (Lipinski definition) is 1. The van der Waals surface area contributed by atoms with Crippen molar-refractivity contribution in [2.24, 2.45) is 0 Å². The van der Waals surface area contributed by atoms with Crippen LogP contribution in [0.4, 0.5) is 0 Å². The first-order chi connectivity index (χ1) is 4.88. The third kappa shape index (κ3) is 1.55. The fraction of sp³-hybridized carbons (Fsp3) is 0.571. The van der Waals surface area contributed by atoms with Gasteiger partial charge in [0.2, 0.25) is 5.01 Å². The average Bonchev–Trinajstić information content (AvgIpc) is 2.36. The highest BCUT2D eigenvalue weighted by molar-refractivity contribution is 7.09. The van der Waals surface area contributed by atoms with Gasteiger partial charge in [0.05, 0.1) is 18.4 Å². The Morgan fingerprint density at radius 2 is 2.50 bits per heavy atom. The number of rotatable bonds is 3. The normalized spacial score (nSPS) is 10.2. The molecule has 0 aliphatic rings. The van der Waals surface area contributed by atoms with E-state index in [2.05, 4.69) is 23.1 Å². The van der Waals surface area contributed by atoms with Gasteiger partial charge in [-0.2, -0.15) is 4.57 Å². The molecule has 0 saturated carbocycles. The predicted molar refractivity (Wildman–Crippen MR) is 41.0 cm³/mol. The van der Waals surface area contributed by atoms with Crippen LogP contribution in [0.25, 0.3) is 0 Å². The van der Waals surface area contributed by atoms with Crippen LogP contribution < -0.4 is 4.57 Å². The van der Waals surface area contributed by atoms with Gasteiger partial charge in [-0.25, -0.2) is 0 Å². The molecular formula is C7H12NOS+. The van der Waals surface area contributed by atoms with E-state index in [0.29, 0.717) is 0 Å². The predicted octanol–water partition coefficient (Wildman–Crippen LogP) is 0.590. The standard InChI is InChI=1S/C7H12NOS/c1-2-8-4-6-10-7(8)3-5-9/h4,6,9H,2-3,5H2,1H3/q+1. The molecular weight excluding hydrogens is 146 g/mol. The quantitative estimate of drug-likeness (QED) is 0.640. The van der Waals surface area contributed by atoms with Crippen LogP contribution >= 0.6 is 11.3 Å². The monoisotopic (exact) mass is 158 g/mol. The lowest BCUT2D eigenvalue weighted by Crippen LogP contribution is -2.33. The second-order valence-electron chi connectivity index (χ2n) is 2.06. The zero-order chi connectivity index (χ0) is 7.40. The maximum atomic E-state index is 8.65. The van der Waals surface area contributed by atoms with Crippen LogP contribution in [-0.4, -0.2) is 11.7 Å². The lowest BCUT2D eigenvalue weighted by molar-refractivity contribution is -0.695. The zero-order valence-corrected chi connectivity index (χ0v) is 6.90. The summed E-state index contributed by atoms with van der Waals surface area (Å²) in [7, 11) is 0. The minimum atomic E-state index is 0.251. The Labute approximate surface area is 64.8 Å². The van der Waals surface area contributed by atoms with Crippen molar-refractivity contribution in [2.75, 3.05) is 6.61 Å². The number of hydrogen-bond acceptors (Lipinski definition) is 2. The summed E-state index contributed by atoms with van der Waals surface area (Å²) in [6.07, 6.45) is 2.83. The first kappa shape index (κ1) is 7.69. The molecule has 0 amide bonds. The number of aromatic nitrogens is 1. The number of aliphatic hydroxyl groups is 1. The summed E-state index contributed by atoms with van der Waals surface area (Å²) < 4.78 is 2.15. The van der Waals surface area contributed by atoms with Crippen LogP contribution in [0.5, 0.6) is 0 Å². The number of aryl methyl sites for hydroxylation is 1. The van der Waals surface area contributed by atoms with Crippen LogP contribution in [0.3, 0.4) is 0 Å². The topological polar surface area (TPSA) is 24.1 Å². The third-order valence-corrected chi connectivity index (χ3v) is 2.40. The average molecular weight is 158 g/mol. The fourth-order valence-corrected chi connectivity index (χ4v) is 1.81. The van der Waals surface area contributed by atoms with Crippen LogP contribution in [0.2, 0.25) is 0 Å². The zero-order valence-electron chi connectivity index (χ0n) is 6.08. The van der Waals surface area contributed by atoms with Gasteiger partial charge in [0, 0.05) is 0 Å². The van der Waals surface area contributed by atoms with E-state index < -0.39 is 0 Å². The Bertz CT molecular complexity index is 197. The molecule has 1 N–H and O–H groups in total. The second-order valence-corrected chi connectivity index (χ2v) is 3.04. The van der Waals surface area contributed by atoms with E-state index in [1.54, 1.807) is 11.3 Å². The summed E-state index contributed by atoms with van der Waals surface area (Å²) in [4.78, 5) is 0. The Kier molecular flexibility index (Phi) is 2.83. The molecule has 3 heteroatoms. The summed E-state index contributed by atoms with van der Waals surface area (Å²) >= 11 is 1.70. The second kappa shape index (κ2) is 3.68.